The van der Waals surface area contributed by atoms with Crippen molar-refractivity contribution in [1.29, 1.82) is 0 Å². The number of nitrogens with two attached hydrogens (primary N) is 2. The second kappa shape index (κ2) is 11.3. The van der Waals surface area contributed by atoms with Gasteiger partial charge in [0.2, 0.25) is 0 Å². The van der Waals surface area contributed by atoms with Gasteiger partial charge in [-0.3, -0.25) is 0 Å². The van der Waals surface area contributed by atoms with Gasteiger partial charge in [0.15, 0.2) is 0 Å². The second-order valence-electron chi connectivity index (χ2n) is 8.89. The van der Waals surface area contributed by atoms with Crippen molar-refractivity contribution in [2.24, 2.45) is 11.3 Å². The third-order valence-electron chi connectivity index (χ3n) is 6.81. The quantitative estimate of drug-likeness (QED) is 0.511. The molecule has 4 nitrogen and oxygen atoms in total. The number of hydrogen-bond acceptors (Lipinski definition) is 4. The van der Waals surface area contributed by atoms with Crippen LogP contribution in [0.1, 0.15) is 107 Å². The Morgan fingerprint density at radius 1 is 0.964 bits per heavy atom. The first-order chi connectivity index (χ1) is 13.5. The molecule has 0 saturated heterocycles. The summed E-state index contributed by atoms with van der Waals surface area (Å²) in [7, 11) is 0. The molecule has 0 heterocycles. The molecule has 2 saturated carbocycles. The molecule has 0 aromatic heterocycles. The maximum absolute atomic E-state index is 10.3. The van der Waals surface area contributed by atoms with Gasteiger partial charge in [-0.25, -0.2) is 0 Å². The van der Waals surface area contributed by atoms with E-state index in [1.165, 1.54) is 76.0 Å². The SMILES string of the molecule is CCCCCC1(C2CCCCC2)CCCCC1.Nc1cc(N)cc(C(=O)[O-])c1. The summed E-state index contributed by atoms with van der Waals surface area (Å²) in [5.74, 6) is -0.169. The van der Waals surface area contributed by atoms with Gasteiger partial charge in [0.25, 0.3) is 0 Å². The Bertz CT molecular complexity index is 582. The van der Waals surface area contributed by atoms with Gasteiger partial charge in [-0.15, -0.1) is 0 Å². The Balaban J connectivity index is 0.000000221. The van der Waals surface area contributed by atoms with E-state index in [0.717, 1.165) is 11.3 Å². The molecule has 4 N–H and O–H groups in total. The fourth-order valence-electron chi connectivity index (χ4n) is 5.35. The van der Waals surface area contributed by atoms with Crippen molar-refractivity contribution in [1.82, 2.24) is 0 Å². The van der Waals surface area contributed by atoms with Crippen LogP contribution in [0.4, 0.5) is 11.4 Å². The van der Waals surface area contributed by atoms with Gasteiger partial charge in [-0.2, -0.15) is 0 Å². The molecule has 0 atom stereocenters. The van der Waals surface area contributed by atoms with Crippen molar-refractivity contribution in [2.75, 3.05) is 11.5 Å². The molecule has 1 aromatic carbocycles. The van der Waals surface area contributed by atoms with Gasteiger partial charge in [0.05, 0.1) is 5.97 Å². The third kappa shape index (κ3) is 6.72. The lowest BCUT2D eigenvalue weighted by atomic mass is 9.60. The van der Waals surface area contributed by atoms with Crippen LogP contribution in [0.25, 0.3) is 0 Å². The van der Waals surface area contributed by atoms with Crippen LogP contribution in [-0.2, 0) is 0 Å². The van der Waals surface area contributed by atoms with Gasteiger partial charge < -0.3 is 21.4 Å². The molecule has 2 aliphatic carbocycles. The van der Waals surface area contributed by atoms with Crippen molar-refractivity contribution in [3.63, 3.8) is 0 Å². The second-order valence-corrected chi connectivity index (χ2v) is 8.89. The summed E-state index contributed by atoms with van der Waals surface area (Å²) >= 11 is 0. The van der Waals surface area contributed by atoms with Gasteiger partial charge in [0, 0.05) is 16.9 Å². The summed E-state index contributed by atoms with van der Waals surface area (Å²) in [6.45, 7) is 2.34. The number of carboxylic acid groups (broad SMARTS) is 1. The van der Waals surface area contributed by atoms with E-state index in [2.05, 4.69) is 6.92 Å². The van der Waals surface area contributed by atoms with E-state index < -0.39 is 5.97 Å². The number of hydrogen-bond donors (Lipinski definition) is 2. The van der Waals surface area contributed by atoms with Gasteiger partial charge in [-0.05, 0) is 61.6 Å². The highest BCUT2D eigenvalue weighted by atomic mass is 16.4. The standard InChI is InChI=1S/C17H32.C7H8N2O2/c1-2-3-8-13-17(14-9-5-10-15-17)16-11-6-4-7-12-16;8-5-1-4(7(10)11)2-6(9)3-5/h16H,2-15H2,1H3;1-3H,8-9H2,(H,10,11)/p-1. The molecule has 0 aliphatic heterocycles. The third-order valence-corrected chi connectivity index (χ3v) is 6.81. The molecular weight excluding hydrogens is 348 g/mol. The van der Waals surface area contributed by atoms with Crippen LogP contribution in [0.15, 0.2) is 18.2 Å². The van der Waals surface area contributed by atoms with E-state index in [9.17, 15) is 9.90 Å². The largest absolute Gasteiger partial charge is 0.545 e. The molecule has 0 unspecified atom stereocenters. The summed E-state index contributed by atoms with van der Waals surface area (Å²) in [5.41, 5.74) is 12.1. The lowest BCUT2D eigenvalue weighted by molar-refractivity contribution is -0.255. The maximum Gasteiger partial charge on any atom is 0.0716 e. The van der Waals surface area contributed by atoms with E-state index in [4.69, 9.17) is 11.5 Å². The summed E-state index contributed by atoms with van der Waals surface area (Å²) in [6, 6.07) is 4.07. The number of carbonyl (C=O) groups is 1. The fraction of sp³-hybridized carbons (Fsp3) is 0.708. The van der Waals surface area contributed by atoms with Crippen LogP contribution in [0.2, 0.25) is 0 Å². The van der Waals surface area contributed by atoms with Gasteiger partial charge in [-0.1, -0.05) is 64.7 Å². The molecule has 0 spiro atoms. The van der Waals surface area contributed by atoms with Crippen LogP contribution in [0.3, 0.4) is 0 Å². The zero-order chi connectivity index (χ0) is 20.4. The van der Waals surface area contributed by atoms with Crippen molar-refractivity contribution in [3.05, 3.63) is 23.8 Å². The van der Waals surface area contributed by atoms with Crippen LogP contribution >= 0.6 is 0 Å². The molecule has 28 heavy (non-hydrogen) atoms. The van der Waals surface area contributed by atoms with Crippen molar-refractivity contribution >= 4 is 17.3 Å². The van der Waals surface area contributed by atoms with Crippen molar-refractivity contribution < 1.29 is 9.90 Å². The predicted octanol–water partition coefficient (Wildman–Crippen LogP) is 5.31. The first kappa shape index (κ1) is 22.6. The highest BCUT2D eigenvalue weighted by Gasteiger charge is 2.39. The van der Waals surface area contributed by atoms with E-state index in [1.807, 2.05) is 0 Å². The molecule has 3 rings (SSSR count). The Kier molecular flexibility index (Phi) is 9.14. The molecule has 158 valence electrons. The number of rotatable bonds is 6. The minimum absolute atomic E-state index is 0.00231. The lowest BCUT2D eigenvalue weighted by Crippen LogP contribution is -2.34. The molecule has 2 aliphatic rings. The molecule has 0 amide bonds. The van der Waals surface area contributed by atoms with Crippen molar-refractivity contribution in [2.45, 2.75) is 96.8 Å². The predicted molar refractivity (Wildman–Crippen MR) is 116 cm³/mol. The Morgan fingerprint density at radius 2 is 1.54 bits per heavy atom. The number of carbonyl (C=O) groups excluding carboxylic acids is 1. The number of benzene rings is 1. The highest BCUT2D eigenvalue weighted by molar-refractivity contribution is 5.88. The number of unbranched alkanes of at least 4 members (excludes halogenated alkanes) is 2. The van der Waals surface area contributed by atoms with Crippen molar-refractivity contribution in [3.8, 4) is 0 Å². The monoisotopic (exact) mass is 387 g/mol. The summed E-state index contributed by atoms with van der Waals surface area (Å²) in [5, 5.41) is 10.3. The van der Waals surface area contributed by atoms with E-state index >= 15 is 0 Å². The van der Waals surface area contributed by atoms with Crippen LogP contribution < -0.4 is 16.6 Å². The fourth-order valence-corrected chi connectivity index (χ4v) is 5.35. The van der Waals surface area contributed by atoms with E-state index in [-0.39, 0.29) is 5.56 Å². The number of nitrogen functional groups attached to an aromatic ring is 2. The van der Waals surface area contributed by atoms with E-state index in [1.54, 1.807) is 32.1 Å². The van der Waals surface area contributed by atoms with Gasteiger partial charge >= 0.3 is 0 Å². The topological polar surface area (TPSA) is 92.2 Å². The molecule has 1 aromatic rings. The zero-order valence-electron chi connectivity index (χ0n) is 17.7. The first-order valence-corrected chi connectivity index (χ1v) is 11.3. The van der Waals surface area contributed by atoms with Gasteiger partial charge in [0.1, 0.15) is 0 Å². The molecule has 0 bridgehead atoms. The first-order valence-electron chi connectivity index (χ1n) is 11.3. The lowest BCUT2D eigenvalue weighted by Gasteiger charge is -2.46. The van der Waals surface area contributed by atoms with Crippen LogP contribution in [-0.4, -0.2) is 5.97 Å². The molecular formula is C24H39N2O2-. The summed E-state index contributed by atoms with van der Waals surface area (Å²) in [4.78, 5) is 10.3. The number of carboxylic acids is 1. The maximum atomic E-state index is 10.3. The average molecular weight is 388 g/mol. The Labute approximate surface area is 171 Å². The Morgan fingerprint density at radius 3 is 2.07 bits per heavy atom. The number of aromatic carboxylic acids is 1. The van der Waals surface area contributed by atoms with Crippen LogP contribution in [0, 0.1) is 11.3 Å². The summed E-state index contributed by atoms with van der Waals surface area (Å²) in [6.07, 6.45) is 21.3. The smallest absolute Gasteiger partial charge is 0.0716 e. The highest BCUT2D eigenvalue weighted by Crippen LogP contribution is 2.51. The molecule has 0 radical (unpaired) electrons. The molecule has 2 fully saturated rings. The average Bonchev–Trinajstić information content (AvgIpc) is 2.69. The summed E-state index contributed by atoms with van der Waals surface area (Å²) < 4.78 is 0. The zero-order valence-corrected chi connectivity index (χ0v) is 17.7. The minimum Gasteiger partial charge on any atom is -0.545 e. The minimum atomic E-state index is -1.27. The van der Waals surface area contributed by atoms with Crippen LogP contribution in [0.5, 0.6) is 0 Å². The van der Waals surface area contributed by atoms with E-state index in [0.29, 0.717) is 11.4 Å². The Hall–Kier alpha value is -1.71. The molecule has 4 heteroatoms. The normalized spacial score (nSPS) is 19.5. The number of anilines is 2.